The van der Waals surface area contributed by atoms with E-state index < -0.39 is 0 Å². The second kappa shape index (κ2) is 3.34. The van der Waals surface area contributed by atoms with Gasteiger partial charge in [0.1, 0.15) is 5.82 Å². The van der Waals surface area contributed by atoms with Gasteiger partial charge in [0, 0.05) is 24.2 Å². The Morgan fingerprint density at radius 1 is 1.33 bits per heavy atom. The quantitative estimate of drug-likeness (QED) is 0.795. The van der Waals surface area contributed by atoms with Crippen molar-refractivity contribution in [3.63, 3.8) is 0 Å². The molecule has 1 aromatic rings. The zero-order valence-corrected chi connectivity index (χ0v) is 9.58. The zero-order valence-electron chi connectivity index (χ0n) is 9.58. The lowest BCUT2D eigenvalue weighted by Gasteiger charge is -2.22. The maximum Gasteiger partial charge on any atom is 0.106 e. The Balaban J connectivity index is 1.96. The van der Waals surface area contributed by atoms with Crippen LogP contribution in [0, 0.1) is 6.92 Å². The van der Waals surface area contributed by atoms with Crippen molar-refractivity contribution in [3.8, 4) is 0 Å². The molecule has 1 heterocycles. The summed E-state index contributed by atoms with van der Waals surface area (Å²) >= 11 is 0. The minimum Gasteiger partial charge on any atom is -0.329 e. The number of likely N-dealkylation sites (N-methyl/N-ethyl adjacent to an activating group) is 1. The molecular formula is C12H19N3. The summed E-state index contributed by atoms with van der Waals surface area (Å²) in [5, 5.41) is 3.37. The molecule has 1 aromatic heterocycles. The Labute approximate surface area is 90.9 Å². The maximum absolute atomic E-state index is 4.73. The molecule has 1 fully saturated rings. The Hall–Kier alpha value is -0.830. The summed E-state index contributed by atoms with van der Waals surface area (Å²) in [6.07, 6.45) is 6.31. The molecule has 0 aliphatic heterocycles. The van der Waals surface area contributed by atoms with Gasteiger partial charge in [-0.15, -0.1) is 0 Å². The molecule has 0 saturated heterocycles. The van der Waals surface area contributed by atoms with E-state index in [1.165, 1.54) is 42.9 Å². The molecule has 0 bridgehead atoms. The Bertz CT molecular complexity index is 376. The summed E-state index contributed by atoms with van der Waals surface area (Å²) in [5.74, 6) is 1.24. The van der Waals surface area contributed by atoms with E-state index in [1.807, 2.05) is 0 Å². The summed E-state index contributed by atoms with van der Waals surface area (Å²) in [4.78, 5) is 4.73. The number of nitrogens with one attached hydrogen (secondary N) is 1. The number of fused-ring (bicyclic) bond motifs is 1. The first-order chi connectivity index (χ1) is 7.29. The highest BCUT2D eigenvalue weighted by Crippen LogP contribution is 2.39. The standard InChI is InChI=1S/C12H19N3/c1-8-14-11-7-9(13-2)3-6-12(11)15(8)10-4-5-10/h9-10,13H,3-7H2,1-2H3. The Morgan fingerprint density at radius 2 is 2.13 bits per heavy atom. The van der Waals surface area contributed by atoms with Crippen molar-refractivity contribution in [2.75, 3.05) is 7.05 Å². The van der Waals surface area contributed by atoms with Crippen molar-refractivity contribution in [1.29, 1.82) is 0 Å². The molecule has 1 saturated carbocycles. The molecule has 0 aromatic carbocycles. The van der Waals surface area contributed by atoms with Gasteiger partial charge < -0.3 is 9.88 Å². The van der Waals surface area contributed by atoms with Crippen LogP contribution in [-0.2, 0) is 12.8 Å². The first-order valence-corrected chi connectivity index (χ1v) is 6.03. The highest BCUT2D eigenvalue weighted by Gasteiger charge is 2.31. The summed E-state index contributed by atoms with van der Waals surface area (Å²) in [7, 11) is 2.06. The van der Waals surface area contributed by atoms with Gasteiger partial charge in [0.15, 0.2) is 0 Å². The van der Waals surface area contributed by atoms with Crippen LogP contribution in [0.5, 0.6) is 0 Å². The van der Waals surface area contributed by atoms with E-state index in [0.717, 1.165) is 12.5 Å². The average molecular weight is 205 g/mol. The third kappa shape index (κ3) is 1.49. The average Bonchev–Trinajstić information content (AvgIpc) is 3.00. The molecule has 1 unspecified atom stereocenters. The smallest absolute Gasteiger partial charge is 0.106 e. The monoisotopic (exact) mass is 205 g/mol. The van der Waals surface area contributed by atoms with Crippen LogP contribution in [0.3, 0.4) is 0 Å². The molecule has 2 aliphatic carbocycles. The molecule has 82 valence electrons. The van der Waals surface area contributed by atoms with Crippen molar-refractivity contribution in [1.82, 2.24) is 14.9 Å². The van der Waals surface area contributed by atoms with Gasteiger partial charge in [-0.2, -0.15) is 0 Å². The highest BCUT2D eigenvalue weighted by molar-refractivity contribution is 5.23. The van der Waals surface area contributed by atoms with Crippen molar-refractivity contribution in [3.05, 3.63) is 17.2 Å². The van der Waals surface area contributed by atoms with Crippen LogP contribution in [0.4, 0.5) is 0 Å². The van der Waals surface area contributed by atoms with Gasteiger partial charge in [-0.1, -0.05) is 0 Å². The molecule has 2 aliphatic rings. The number of hydrogen-bond acceptors (Lipinski definition) is 2. The number of aryl methyl sites for hydroxylation is 1. The second-order valence-corrected chi connectivity index (χ2v) is 4.88. The topological polar surface area (TPSA) is 29.9 Å². The van der Waals surface area contributed by atoms with Crippen molar-refractivity contribution < 1.29 is 0 Å². The molecule has 0 spiro atoms. The number of hydrogen-bond donors (Lipinski definition) is 1. The van der Waals surface area contributed by atoms with Crippen LogP contribution in [0.25, 0.3) is 0 Å². The largest absolute Gasteiger partial charge is 0.329 e. The van der Waals surface area contributed by atoms with Crippen LogP contribution in [0.2, 0.25) is 0 Å². The van der Waals surface area contributed by atoms with Crippen molar-refractivity contribution >= 4 is 0 Å². The van der Waals surface area contributed by atoms with Gasteiger partial charge in [-0.25, -0.2) is 4.98 Å². The van der Waals surface area contributed by atoms with E-state index in [-0.39, 0.29) is 0 Å². The molecule has 3 rings (SSSR count). The van der Waals surface area contributed by atoms with Crippen LogP contribution >= 0.6 is 0 Å². The van der Waals surface area contributed by atoms with Crippen molar-refractivity contribution in [2.45, 2.75) is 51.1 Å². The van der Waals surface area contributed by atoms with Crippen LogP contribution in [0.1, 0.15) is 42.5 Å². The molecule has 3 nitrogen and oxygen atoms in total. The van der Waals surface area contributed by atoms with Gasteiger partial charge in [0.2, 0.25) is 0 Å². The third-order valence-electron chi connectivity index (χ3n) is 3.76. The molecule has 0 amide bonds. The lowest BCUT2D eigenvalue weighted by atomic mass is 9.96. The van der Waals surface area contributed by atoms with Gasteiger partial charge >= 0.3 is 0 Å². The minimum absolute atomic E-state index is 0.638. The third-order valence-corrected chi connectivity index (χ3v) is 3.76. The highest BCUT2D eigenvalue weighted by atomic mass is 15.1. The second-order valence-electron chi connectivity index (χ2n) is 4.88. The molecule has 1 atom stereocenters. The Kier molecular flexibility index (Phi) is 2.09. The summed E-state index contributed by atoms with van der Waals surface area (Å²) in [6, 6.07) is 1.42. The van der Waals surface area contributed by atoms with E-state index in [2.05, 4.69) is 23.9 Å². The minimum atomic E-state index is 0.638. The summed E-state index contributed by atoms with van der Waals surface area (Å²) in [5.41, 5.74) is 2.88. The summed E-state index contributed by atoms with van der Waals surface area (Å²) < 4.78 is 2.50. The predicted molar refractivity (Wildman–Crippen MR) is 60.1 cm³/mol. The van der Waals surface area contributed by atoms with Crippen molar-refractivity contribution in [2.24, 2.45) is 0 Å². The van der Waals surface area contributed by atoms with E-state index in [1.54, 1.807) is 0 Å². The van der Waals surface area contributed by atoms with Gasteiger partial charge in [0.25, 0.3) is 0 Å². The molecule has 1 N–H and O–H groups in total. The van der Waals surface area contributed by atoms with Crippen LogP contribution < -0.4 is 5.32 Å². The first kappa shape index (κ1) is 9.40. The lowest BCUT2D eigenvalue weighted by molar-refractivity contribution is 0.478. The fourth-order valence-corrected chi connectivity index (χ4v) is 2.79. The zero-order chi connectivity index (χ0) is 10.4. The molecule has 0 radical (unpaired) electrons. The number of rotatable bonds is 2. The van der Waals surface area contributed by atoms with E-state index in [9.17, 15) is 0 Å². The van der Waals surface area contributed by atoms with Gasteiger partial charge in [-0.3, -0.25) is 0 Å². The van der Waals surface area contributed by atoms with Gasteiger partial charge in [0.05, 0.1) is 5.69 Å². The summed E-state index contributed by atoms with van der Waals surface area (Å²) in [6.45, 7) is 2.16. The number of imidazole rings is 1. The van der Waals surface area contributed by atoms with Crippen LogP contribution in [-0.4, -0.2) is 22.6 Å². The van der Waals surface area contributed by atoms with E-state index >= 15 is 0 Å². The maximum atomic E-state index is 4.73. The Morgan fingerprint density at radius 3 is 2.80 bits per heavy atom. The molecule has 15 heavy (non-hydrogen) atoms. The normalized spacial score (nSPS) is 25.3. The van der Waals surface area contributed by atoms with E-state index in [4.69, 9.17) is 4.98 Å². The van der Waals surface area contributed by atoms with Gasteiger partial charge in [-0.05, 0) is 39.7 Å². The first-order valence-electron chi connectivity index (χ1n) is 6.03. The SMILES string of the molecule is CNC1CCc2c(nc(C)n2C2CC2)C1. The number of aromatic nitrogens is 2. The fourth-order valence-electron chi connectivity index (χ4n) is 2.79. The molecule has 3 heteroatoms. The molecular weight excluding hydrogens is 186 g/mol. The lowest BCUT2D eigenvalue weighted by Crippen LogP contribution is -2.32. The number of nitrogens with zero attached hydrogens (tertiary/aromatic N) is 2. The predicted octanol–water partition coefficient (Wildman–Crippen LogP) is 1.60. The fraction of sp³-hybridized carbons (Fsp3) is 0.750. The van der Waals surface area contributed by atoms with Crippen LogP contribution in [0.15, 0.2) is 0 Å². The van der Waals surface area contributed by atoms with E-state index in [0.29, 0.717) is 6.04 Å².